The highest BCUT2D eigenvalue weighted by Crippen LogP contribution is 2.38. The molecule has 1 aromatic rings. The zero-order valence-electron chi connectivity index (χ0n) is 14.6. The molecule has 0 radical (unpaired) electrons. The van der Waals surface area contributed by atoms with Crippen LogP contribution >= 0.6 is 0 Å². The van der Waals surface area contributed by atoms with Gasteiger partial charge in [0.05, 0.1) is 17.0 Å². The van der Waals surface area contributed by atoms with E-state index in [-0.39, 0.29) is 29.7 Å². The van der Waals surface area contributed by atoms with E-state index in [0.29, 0.717) is 18.8 Å². The number of piperazine rings is 1. The van der Waals surface area contributed by atoms with Crippen molar-refractivity contribution in [1.29, 1.82) is 0 Å². The van der Waals surface area contributed by atoms with Crippen molar-refractivity contribution < 1.29 is 14.5 Å². The van der Waals surface area contributed by atoms with E-state index >= 15 is 0 Å². The molecule has 2 unspecified atom stereocenters. The Morgan fingerprint density at radius 1 is 1.36 bits per heavy atom. The summed E-state index contributed by atoms with van der Waals surface area (Å²) >= 11 is 0. The fourth-order valence-electron chi connectivity index (χ4n) is 3.61. The van der Waals surface area contributed by atoms with Crippen molar-refractivity contribution >= 4 is 23.3 Å². The maximum absolute atomic E-state index is 12.5. The minimum absolute atomic E-state index is 0.0254. The molecule has 2 atom stereocenters. The first-order valence-electron chi connectivity index (χ1n) is 8.32. The van der Waals surface area contributed by atoms with Gasteiger partial charge >= 0.3 is 11.8 Å². The molecule has 0 aliphatic carbocycles. The van der Waals surface area contributed by atoms with Crippen molar-refractivity contribution in [3.05, 3.63) is 22.4 Å². The number of nitrogens with two attached hydrogens (primary N) is 1. The Morgan fingerprint density at radius 3 is 2.48 bits per heavy atom. The zero-order chi connectivity index (χ0) is 18.4. The zero-order valence-corrected chi connectivity index (χ0v) is 14.6. The van der Waals surface area contributed by atoms with Gasteiger partial charge in [0, 0.05) is 19.3 Å². The maximum atomic E-state index is 12.5. The van der Waals surface area contributed by atoms with Gasteiger partial charge in [-0.3, -0.25) is 15.0 Å². The lowest BCUT2D eigenvalue weighted by Gasteiger charge is -2.42. The van der Waals surface area contributed by atoms with Gasteiger partial charge in [-0.2, -0.15) is 0 Å². The normalized spacial score (nSPS) is 22.8. The van der Waals surface area contributed by atoms with Crippen LogP contribution in [0.25, 0.3) is 0 Å². The molecule has 9 nitrogen and oxygen atoms in total. The fourth-order valence-corrected chi connectivity index (χ4v) is 3.61. The second-order valence-electron chi connectivity index (χ2n) is 7.50. The van der Waals surface area contributed by atoms with Crippen LogP contribution in [0.3, 0.4) is 0 Å². The number of aromatic nitrogens is 1. The second-order valence-corrected chi connectivity index (χ2v) is 7.50. The molecule has 1 aromatic heterocycles. The van der Waals surface area contributed by atoms with Gasteiger partial charge in [-0.1, -0.05) is 0 Å². The van der Waals surface area contributed by atoms with Gasteiger partial charge in [0.25, 0.3) is 0 Å². The van der Waals surface area contributed by atoms with E-state index in [2.05, 4.69) is 4.98 Å². The lowest BCUT2D eigenvalue weighted by atomic mass is 10.1. The van der Waals surface area contributed by atoms with Crippen LogP contribution in [0.15, 0.2) is 12.3 Å². The van der Waals surface area contributed by atoms with Crippen LogP contribution in [-0.4, -0.2) is 51.7 Å². The molecule has 3 heterocycles. The number of amides is 1. The maximum Gasteiger partial charge on any atom is 0.410 e. The standard InChI is InChI=1S/C16H23N5O4/c1-16(2,3)25-15(22)20-10-4-5-11(20)9-19(8-10)12-6-7-18-14(17)13(12)21(23)24/h6-7,10-11H,4-5,8-9H2,1-3H3,(H2,17,18). The first kappa shape index (κ1) is 17.2. The van der Waals surface area contributed by atoms with Crippen LogP contribution in [0.2, 0.25) is 0 Å². The Morgan fingerprint density at radius 2 is 1.96 bits per heavy atom. The topological polar surface area (TPSA) is 115 Å². The third-order valence-electron chi connectivity index (χ3n) is 4.54. The van der Waals surface area contributed by atoms with Gasteiger partial charge in [0.15, 0.2) is 0 Å². The number of anilines is 2. The first-order valence-corrected chi connectivity index (χ1v) is 8.32. The average Bonchev–Trinajstić information content (AvgIpc) is 2.75. The number of nitrogens with zero attached hydrogens (tertiary/aromatic N) is 4. The number of nitro groups is 1. The number of carbonyl (C=O) groups excluding carboxylic acids is 1. The molecule has 0 spiro atoms. The monoisotopic (exact) mass is 349 g/mol. The summed E-state index contributed by atoms with van der Waals surface area (Å²) in [6.45, 7) is 6.55. The third kappa shape index (κ3) is 3.31. The Balaban J connectivity index is 1.82. The number of hydrogen-bond donors (Lipinski definition) is 1. The van der Waals surface area contributed by atoms with E-state index in [9.17, 15) is 14.9 Å². The van der Waals surface area contributed by atoms with Crippen LogP contribution in [0.5, 0.6) is 0 Å². The van der Waals surface area contributed by atoms with E-state index in [1.807, 2.05) is 25.7 Å². The molecule has 136 valence electrons. The van der Waals surface area contributed by atoms with E-state index in [1.54, 1.807) is 11.0 Å². The van der Waals surface area contributed by atoms with E-state index in [4.69, 9.17) is 10.5 Å². The summed E-state index contributed by atoms with van der Waals surface area (Å²) in [4.78, 5) is 30.9. The third-order valence-corrected chi connectivity index (χ3v) is 4.54. The largest absolute Gasteiger partial charge is 0.444 e. The SMILES string of the molecule is CC(C)(C)OC(=O)N1C2CCC1CN(c1ccnc(N)c1[N+](=O)[O-])C2. The number of hydrogen-bond acceptors (Lipinski definition) is 7. The molecule has 2 aliphatic heterocycles. The average molecular weight is 349 g/mol. The lowest BCUT2D eigenvalue weighted by Crippen LogP contribution is -2.56. The van der Waals surface area contributed by atoms with Crippen LogP contribution < -0.4 is 10.6 Å². The van der Waals surface area contributed by atoms with E-state index in [1.165, 1.54) is 6.20 Å². The highest BCUT2D eigenvalue weighted by Gasteiger charge is 2.45. The van der Waals surface area contributed by atoms with Gasteiger partial charge in [0.1, 0.15) is 11.3 Å². The molecule has 25 heavy (non-hydrogen) atoms. The minimum atomic E-state index is -0.550. The Kier molecular flexibility index (Phi) is 4.18. The molecular weight excluding hydrogens is 326 g/mol. The van der Waals surface area contributed by atoms with Crippen LogP contribution in [0.4, 0.5) is 22.0 Å². The summed E-state index contributed by atoms with van der Waals surface area (Å²) in [7, 11) is 0. The molecule has 2 bridgehead atoms. The fraction of sp³-hybridized carbons (Fsp3) is 0.625. The highest BCUT2D eigenvalue weighted by molar-refractivity contribution is 5.74. The van der Waals surface area contributed by atoms with Gasteiger partial charge in [-0.25, -0.2) is 9.78 Å². The molecule has 9 heteroatoms. The molecule has 2 fully saturated rings. The van der Waals surface area contributed by atoms with Crippen molar-refractivity contribution in [3.63, 3.8) is 0 Å². The molecule has 2 N–H and O–H groups in total. The van der Waals surface area contributed by atoms with Crippen LogP contribution in [0.1, 0.15) is 33.6 Å². The number of carbonyl (C=O) groups is 1. The molecule has 2 aliphatic rings. The number of ether oxygens (including phenoxy) is 1. The number of rotatable bonds is 2. The van der Waals surface area contributed by atoms with Gasteiger partial charge in [0.2, 0.25) is 5.82 Å². The summed E-state index contributed by atoms with van der Waals surface area (Å²) < 4.78 is 5.51. The summed E-state index contributed by atoms with van der Waals surface area (Å²) in [5.41, 5.74) is 5.43. The summed E-state index contributed by atoms with van der Waals surface area (Å²) in [5, 5.41) is 11.4. The van der Waals surface area contributed by atoms with Crippen molar-refractivity contribution in [1.82, 2.24) is 9.88 Å². The molecular formula is C16H23N5O4. The Hall–Kier alpha value is -2.58. The lowest BCUT2D eigenvalue weighted by molar-refractivity contribution is -0.383. The molecule has 0 saturated carbocycles. The number of pyridine rings is 1. The Labute approximate surface area is 145 Å². The van der Waals surface area contributed by atoms with E-state index < -0.39 is 10.5 Å². The first-order chi connectivity index (χ1) is 11.7. The minimum Gasteiger partial charge on any atom is -0.444 e. The van der Waals surface area contributed by atoms with Crippen molar-refractivity contribution in [2.24, 2.45) is 0 Å². The molecule has 0 aromatic carbocycles. The van der Waals surface area contributed by atoms with E-state index in [0.717, 1.165) is 12.8 Å². The quantitative estimate of drug-likeness (QED) is 0.642. The van der Waals surface area contributed by atoms with Gasteiger partial charge < -0.3 is 15.4 Å². The Bertz CT molecular complexity index is 688. The van der Waals surface area contributed by atoms with Crippen LogP contribution in [0, 0.1) is 10.1 Å². The highest BCUT2D eigenvalue weighted by atomic mass is 16.6. The molecule has 2 saturated heterocycles. The molecule has 1 amide bonds. The summed E-state index contributed by atoms with van der Waals surface area (Å²) in [5.74, 6) is -0.0931. The summed E-state index contributed by atoms with van der Waals surface area (Å²) in [6, 6.07) is 1.56. The second kappa shape index (κ2) is 6.05. The predicted molar refractivity (Wildman–Crippen MR) is 92.4 cm³/mol. The van der Waals surface area contributed by atoms with Crippen molar-refractivity contribution in [2.45, 2.75) is 51.3 Å². The van der Waals surface area contributed by atoms with Gasteiger partial charge in [-0.05, 0) is 39.7 Å². The predicted octanol–water partition coefficient (Wildman–Crippen LogP) is 2.16. The summed E-state index contributed by atoms with van der Waals surface area (Å²) in [6.07, 6.45) is 2.87. The smallest absolute Gasteiger partial charge is 0.410 e. The van der Waals surface area contributed by atoms with Crippen LogP contribution in [-0.2, 0) is 4.74 Å². The van der Waals surface area contributed by atoms with Crippen molar-refractivity contribution in [3.8, 4) is 0 Å². The van der Waals surface area contributed by atoms with Crippen molar-refractivity contribution in [2.75, 3.05) is 23.7 Å². The number of fused-ring (bicyclic) bond motifs is 2. The number of nitrogen functional groups attached to an aromatic ring is 1. The molecule has 3 rings (SSSR count). The van der Waals surface area contributed by atoms with Gasteiger partial charge in [-0.15, -0.1) is 0 Å².